The lowest BCUT2D eigenvalue weighted by atomic mass is 9.76. The van der Waals surface area contributed by atoms with Gasteiger partial charge in [0, 0.05) is 5.54 Å². The Balaban J connectivity index is 2.03. The zero-order valence-corrected chi connectivity index (χ0v) is 13.8. The summed E-state index contributed by atoms with van der Waals surface area (Å²) in [5, 5.41) is 3.26. The van der Waals surface area contributed by atoms with Crippen molar-refractivity contribution in [2.75, 3.05) is 13.1 Å². The van der Waals surface area contributed by atoms with Gasteiger partial charge < -0.3 is 5.32 Å². The Bertz CT molecular complexity index is 543. The molecule has 0 aliphatic heterocycles. The largest absolute Gasteiger partial charge is 0.317 e. The third-order valence-electron chi connectivity index (χ3n) is 4.41. The molecule has 4 nitrogen and oxygen atoms in total. The second kappa shape index (κ2) is 6.90. The maximum absolute atomic E-state index is 12.4. The molecule has 2 N–H and O–H groups in total. The number of hydrogen-bond donors (Lipinski definition) is 2. The number of hydrogen-bond acceptors (Lipinski definition) is 3. The van der Waals surface area contributed by atoms with Gasteiger partial charge in [0.05, 0.1) is 4.90 Å². The molecule has 1 aromatic carbocycles. The summed E-state index contributed by atoms with van der Waals surface area (Å²) in [6.07, 6.45) is 4.78. The Hall–Kier alpha value is -0.910. The van der Waals surface area contributed by atoms with E-state index in [0.29, 0.717) is 4.90 Å². The van der Waals surface area contributed by atoms with E-state index in [0.717, 1.165) is 50.8 Å². The molecule has 1 aliphatic rings. The first kappa shape index (κ1) is 16.5. The highest BCUT2D eigenvalue weighted by molar-refractivity contribution is 7.89. The van der Waals surface area contributed by atoms with Crippen molar-refractivity contribution in [3.63, 3.8) is 0 Å². The SMILES string of the molecule is CCNCCc1ccc(S(=O)(=O)NC2(CC)CCC2)cc1. The fourth-order valence-electron chi connectivity index (χ4n) is 2.72. The number of nitrogens with one attached hydrogen (secondary N) is 2. The summed E-state index contributed by atoms with van der Waals surface area (Å²) in [4.78, 5) is 0.370. The first-order chi connectivity index (χ1) is 10.0. The molecule has 21 heavy (non-hydrogen) atoms. The molecule has 0 bridgehead atoms. The summed E-state index contributed by atoms with van der Waals surface area (Å²) in [6.45, 7) is 5.99. The van der Waals surface area contributed by atoms with Crippen LogP contribution in [0.15, 0.2) is 29.2 Å². The Morgan fingerprint density at radius 3 is 2.29 bits per heavy atom. The van der Waals surface area contributed by atoms with Crippen LogP contribution in [0.5, 0.6) is 0 Å². The topological polar surface area (TPSA) is 58.2 Å². The van der Waals surface area contributed by atoms with E-state index in [4.69, 9.17) is 0 Å². The molecule has 0 heterocycles. The van der Waals surface area contributed by atoms with Gasteiger partial charge in [-0.05, 0) is 62.9 Å². The predicted octanol–water partition coefficient (Wildman–Crippen LogP) is 2.45. The van der Waals surface area contributed by atoms with Crippen LogP contribution in [0.1, 0.15) is 45.1 Å². The molecule has 0 saturated heterocycles. The van der Waals surface area contributed by atoms with E-state index >= 15 is 0 Å². The van der Waals surface area contributed by atoms with Crippen LogP contribution in [0.3, 0.4) is 0 Å². The monoisotopic (exact) mass is 310 g/mol. The van der Waals surface area contributed by atoms with Gasteiger partial charge in [-0.2, -0.15) is 0 Å². The fourth-order valence-corrected chi connectivity index (χ4v) is 4.25. The molecule has 1 saturated carbocycles. The summed E-state index contributed by atoms with van der Waals surface area (Å²) >= 11 is 0. The van der Waals surface area contributed by atoms with E-state index in [1.807, 2.05) is 19.1 Å². The zero-order valence-electron chi connectivity index (χ0n) is 13.0. The minimum absolute atomic E-state index is 0.206. The first-order valence-corrected chi connectivity index (χ1v) is 9.33. The van der Waals surface area contributed by atoms with Gasteiger partial charge in [-0.25, -0.2) is 13.1 Å². The molecular formula is C16H26N2O2S. The van der Waals surface area contributed by atoms with Crippen molar-refractivity contribution in [3.8, 4) is 0 Å². The number of rotatable bonds is 8. The molecule has 1 aliphatic carbocycles. The van der Waals surface area contributed by atoms with Crippen LogP contribution in [0.25, 0.3) is 0 Å². The molecular weight excluding hydrogens is 284 g/mol. The number of benzene rings is 1. The highest BCUT2D eigenvalue weighted by atomic mass is 32.2. The molecule has 0 spiro atoms. The van der Waals surface area contributed by atoms with Crippen molar-refractivity contribution in [1.82, 2.24) is 10.0 Å². The van der Waals surface area contributed by atoms with Crippen LogP contribution in [-0.4, -0.2) is 27.0 Å². The molecule has 0 radical (unpaired) electrons. The third kappa shape index (κ3) is 4.05. The summed E-state index contributed by atoms with van der Waals surface area (Å²) in [7, 11) is -3.40. The van der Waals surface area contributed by atoms with Gasteiger partial charge in [0.15, 0.2) is 0 Å². The lowest BCUT2D eigenvalue weighted by molar-refractivity contribution is 0.214. The van der Waals surface area contributed by atoms with Gasteiger partial charge in [0.2, 0.25) is 10.0 Å². The number of likely N-dealkylation sites (N-methyl/N-ethyl adjacent to an activating group) is 1. The minimum Gasteiger partial charge on any atom is -0.317 e. The summed E-state index contributed by atoms with van der Waals surface area (Å²) < 4.78 is 27.8. The van der Waals surface area contributed by atoms with Crippen molar-refractivity contribution >= 4 is 10.0 Å². The third-order valence-corrected chi connectivity index (χ3v) is 6.01. The maximum Gasteiger partial charge on any atom is 0.241 e. The Labute approximate surface area is 128 Å². The van der Waals surface area contributed by atoms with Crippen molar-refractivity contribution in [3.05, 3.63) is 29.8 Å². The maximum atomic E-state index is 12.4. The van der Waals surface area contributed by atoms with Crippen LogP contribution in [-0.2, 0) is 16.4 Å². The Kier molecular flexibility index (Phi) is 5.41. The molecule has 1 fully saturated rings. The molecule has 118 valence electrons. The first-order valence-electron chi connectivity index (χ1n) is 7.85. The average molecular weight is 310 g/mol. The highest BCUT2D eigenvalue weighted by Crippen LogP contribution is 2.36. The van der Waals surface area contributed by atoms with Crippen molar-refractivity contribution in [2.24, 2.45) is 0 Å². The van der Waals surface area contributed by atoms with Crippen molar-refractivity contribution in [2.45, 2.75) is 56.4 Å². The standard InChI is InChI=1S/C16H26N2O2S/c1-3-16(11-5-12-16)18-21(19,20)15-8-6-14(7-9-15)10-13-17-4-2/h6-9,17-18H,3-5,10-13H2,1-2H3. The quantitative estimate of drug-likeness (QED) is 0.725. The van der Waals surface area contributed by atoms with Crippen LogP contribution in [0.4, 0.5) is 0 Å². The molecule has 2 rings (SSSR count). The van der Waals surface area contributed by atoms with E-state index < -0.39 is 10.0 Å². The molecule has 1 aromatic rings. The fraction of sp³-hybridized carbons (Fsp3) is 0.625. The van der Waals surface area contributed by atoms with E-state index in [1.165, 1.54) is 0 Å². The summed E-state index contributed by atoms with van der Waals surface area (Å²) in [5.41, 5.74) is 0.950. The van der Waals surface area contributed by atoms with Crippen molar-refractivity contribution in [1.29, 1.82) is 0 Å². The smallest absolute Gasteiger partial charge is 0.241 e. The van der Waals surface area contributed by atoms with E-state index in [1.54, 1.807) is 12.1 Å². The van der Waals surface area contributed by atoms with E-state index in [-0.39, 0.29) is 5.54 Å². The average Bonchev–Trinajstić information content (AvgIpc) is 2.44. The van der Waals surface area contributed by atoms with Gasteiger partial charge in [0.1, 0.15) is 0 Å². The second-order valence-corrected chi connectivity index (χ2v) is 7.52. The molecule has 0 unspecified atom stereocenters. The van der Waals surface area contributed by atoms with Crippen LogP contribution in [0.2, 0.25) is 0 Å². The molecule has 0 amide bonds. The lowest BCUT2D eigenvalue weighted by Crippen LogP contribution is -2.52. The molecule has 0 atom stereocenters. The van der Waals surface area contributed by atoms with Gasteiger partial charge in [-0.15, -0.1) is 0 Å². The summed E-state index contributed by atoms with van der Waals surface area (Å²) in [5.74, 6) is 0. The zero-order chi connectivity index (χ0) is 15.3. The Morgan fingerprint density at radius 1 is 1.14 bits per heavy atom. The van der Waals surface area contributed by atoms with Crippen LogP contribution >= 0.6 is 0 Å². The molecule has 0 aromatic heterocycles. The summed E-state index contributed by atoms with van der Waals surface area (Å²) in [6, 6.07) is 7.24. The van der Waals surface area contributed by atoms with Gasteiger partial charge in [-0.3, -0.25) is 0 Å². The Morgan fingerprint density at radius 2 is 1.81 bits per heavy atom. The number of sulfonamides is 1. The van der Waals surface area contributed by atoms with E-state index in [9.17, 15) is 8.42 Å². The lowest BCUT2D eigenvalue weighted by Gasteiger charge is -2.41. The van der Waals surface area contributed by atoms with Gasteiger partial charge in [0.25, 0.3) is 0 Å². The van der Waals surface area contributed by atoms with Crippen molar-refractivity contribution < 1.29 is 8.42 Å². The molecule has 5 heteroatoms. The van der Waals surface area contributed by atoms with Crippen LogP contribution < -0.4 is 10.0 Å². The normalized spacial score (nSPS) is 17.4. The van der Waals surface area contributed by atoms with E-state index in [2.05, 4.69) is 17.0 Å². The van der Waals surface area contributed by atoms with Gasteiger partial charge >= 0.3 is 0 Å². The minimum atomic E-state index is -3.40. The van der Waals surface area contributed by atoms with Gasteiger partial charge in [-0.1, -0.05) is 26.0 Å². The van der Waals surface area contributed by atoms with Crippen LogP contribution in [0, 0.1) is 0 Å². The predicted molar refractivity (Wildman–Crippen MR) is 85.9 cm³/mol. The second-order valence-electron chi connectivity index (χ2n) is 5.84. The highest BCUT2D eigenvalue weighted by Gasteiger charge is 2.38.